The molecule has 1 aromatic rings. The molecule has 0 aliphatic carbocycles. The Morgan fingerprint density at radius 1 is 1.57 bits per heavy atom. The van der Waals surface area contributed by atoms with Crippen LogP contribution in [0, 0.1) is 0 Å². The van der Waals surface area contributed by atoms with Crippen molar-refractivity contribution < 1.29 is 0 Å². The van der Waals surface area contributed by atoms with E-state index < -0.39 is 0 Å². The lowest BCUT2D eigenvalue weighted by Crippen LogP contribution is -2.33. The van der Waals surface area contributed by atoms with E-state index in [1.54, 1.807) is 0 Å². The van der Waals surface area contributed by atoms with Crippen molar-refractivity contribution in [2.24, 2.45) is 5.73 Å². The van der Waals surface area contributed by atoms with E-state index in [2.05, 4.69) is 16.9 Å². The first kappa shape index (κ1) is 8.83. The maximum absolute atomic E-state index is 5.63. The van der Waals surface area contributed by atoms with Crippen molar-refractivity contribution in [2.75, 3.05) is 7.05 Å². The predicted molar refractivity (Wildman–Crippen MR) is 57.2 cm³/mol. The third-order valence-corrected chi connectivity index (χ3v) is 4.74. The van der Waals surface area contributed by atoms with E-state index in [4.69, 9.17) is 5.73 Å². The summed E-state index contributed by atoms with van der Waals surface area (Å²) >= 11 is 1.82. The number of rotatable bonds is 1. The van der Waals surface area contributed by atoms with E-state index in [1.165, 1.54) is 23.4 Å². The molecule has 3 heterocycles. The minimum Gasteiger partial charge on any atom is -0.325 e. The van der Waals surface area contributed by atoms with Gasteiger partial charge in [0.05, 0.1) is 5.69 Å². The van der Waals surface area contributed by atoms with Gasteiger partial charge in [-0.2, -0.15) is 0 Å². The molecular formula is C10H15N3S. The summed E-state index contributed by atoms with van der Waals surface area (Å²) in [6.07, 6.45) is 3.78. The first-order valence-corrected chi connectivity index (χ1v) is 6.01. The van der Waals surface area contributed by atoms with Crippen molar-refractivity contribution in [1.82, 2.24) is 9.88 Å². The first-order chi connectivity index (χ1) is 6.79. The third-order valence-electron chi connectivity index (χ3n) is 3.52. The summed E-state index contributed by atoms with van der Waals surface area (Å²) < 4.78 is 0. The molecule has 14 heavy (non-hydrogen) atoms. The van der Waals surface area contributed by atoms with Crippen LogP contribution in [0.5, 0.6) is 0 Å². The van der Waals surface area contributed by atoms with Gasteiger partial charge in [0.2, 0.25) is 0 Å². The van der Waals surface area contributed by atoms with Crippen LogP contribution >= 0.6 is 11.3 Å². The summed E-state index contributed by atoms with van der Waals surface area (Å²) in [4.78, 5) is 8.61. The molecule has 4 heteroatoms. The monoisotopic (exact) mass is 209 g/mol. The van der Waals surface area contributed by atoms with Crippen LogP contribution in [-0.4, -0.2) is 23.0 Å². The van der Waals surface area contributed by atoms with Crippen LogP contribution in [0.1, 0.15) is 34.5 Å². The quantitative estimate of drug-likeness (QED) is 0.758. The highest BCUT2D eigenvalue weighted by Crippen LogP contribution is 2.44. The lowest BCUT2D eigenvalue weighted by molar-refractivity contribution is 0.226. The van der Waals surface area contributed by atoms with E-state index >= 15 is 0 Å². The second-order valence-corrected chi connectivity index (χ2v) is 5.35. The van der Waals surface area contributed by atoms with Crippen molar-refractivity contribution >= 4 is 11.3 Å². The Bertz CT molecular complexity index is 360. The molecule has 2 unspecified atom stereocenters. The summed E-state index contributed by atoms with van der Waals surface area (Å²) in [7, 11) is 2.24. The predicted octanol–water partition coefficient (Wildman–Crippen LogP) is 1.29. The smallest absolute Gasteiger partial charge is 0.107 e. The van der Waals surface area contributed by atoms with Gasteiger partial charge in [-0.15, -0.1) is 11.3 Å². The maximum atomic E-state index is 5.63. The number of nitrogens with two attached hydrogens (primary N) is 1. The molecule has 2 bridgehead atoms. The molecular weight excluding hydrogens is 194 g/mol. The summed E-state index contributed by atoms with van der Waals surface area (Å²) in [6.45, 7) is 0.596. The Balaban J connectivity index is 2.05. The summed E-state index contributed by atoms with van der Waals surface area (Å²) in [5.41, 5.74) is 6.96. The van der Waals surface area contributed by atoms with Crippen LogP contribution in [0.2, 0.25) is 0 Å². The Kier molecular flexibility index (Phi) is 1.90. The van der Waals surface area contributed by atoms with Gasteiger partial charge in [-0.05, 0) is 19.9 Å². The highest BCUT2D eigenvalue weighted by atomic mass is 32.1. The summed E-state index contributed by atoms with van der Waals surface area (Å²) in [5, 5.41) is 1.11. The number of likely N-dealkylation sites (N-methyl/N-ethyl adjacent to an activating group) is 1. The summed E-state index contributed by atoms with van der Waals surface area (Å²) in [5.74, 6) is 0. The Morgan fingerprint density at radius 2 is 2.43 bits per heavy atom. The normalized spacial score (nSPS) is 30.7. The minimum atomic E-state index is 0.596. The van der Waals surface area contributed by atoms with E-state index in [9.17, 15) is 0 Å². The van der Waals surface area contributed by atoms with Gasteiger partial charge in [0.1, 0.15) is 5.01 Å². The van der Waals surface area contributed by atoms with Crippen LogP contribution in [-0.2, 0) is 13.0 Å². The molecule has 2 aliphatic heterocycles. The van der Waals surface area contributed by atoms with Gasteiger partial charge in [-0.1, -0.05) is 0 Å². The molecule has 1 fully saturated rings. The van der Waals surface area contributed by atoms with Gasteiger partial charge in [-0.25, -0.2) is 4.98 Å². The van der Waals surface area contributed by atoms with E-state index in [-0.39, 0.29) is 0 Å². The Hall–Kier alpha value is -0.450. The standard InChI is InChI=1S/C10H15N3S/c1-13-6-2-3-8(13)10-7(4-6)12-9(5-11)14-10/h6,8H,2-5,11H2,1H3. The van der Waals surface area contributed by atoms with Crippen LogP contribution in [0.4, 0.5) is 0 Å². The molecule has 0 amide bonds. The zero-order chi connectivity index (χ0) is 9.71. The number of hydrogen-bond acceptors (Lipinski definition) is 4. The Labute approximate surface area is 87.9 Å². The second kappa shape index (κ2) is 3.02. The van der Waals surface area contributed by atoms with E-state index in [0.29, 0.717) is 12.6 Å². The molecule has 0 radical (unpaired) electrons. The number of thiazole rings is 1. The second-order valence-electron chi connectivity index (χ2n) is 4.24. The van der Waals surface area contributed by atoms with Crippen LogP contribution in [0.15, 0.2) is 0 Å². The lowest BCUT2D eigenvalue weighted by atomic mass is 10.1. The molecule has 3 nitrogen and oxygen atoms in total. The molecule has 1 saturated heterocycles. The van der Waals surface area contributed by atoms with E-state index in [1.807, 2.05) is 11.3 Å². The van der Waals surface area contributed by atoms with Crippen LogP contribution < -0.4 is 5.73 Å². The van der Waals surface area contributed by atoms with Crippen LogP contribution in [0.25, 0.3) is 0 Å². The fourth-order valence-electron chi connectivity index (χ4n) is 2.71. The number of fused-ring (bicyclic) bond motifs is 4. The van der Waals surface area contributed by atoms with E-state index in [0.717, 1.165) is 17.5 Å². The molecule has 2 N–H and O–H groups in total. The van der Waals surface area contributed by atoms with Crippen molar-refractivity contribution in [3.63, 3.8) is 0 Å². The van der Waals surface area contributed by atoms with Crippen molar-refractivity contribution in [1.29, 1.82) is 0 Å². The number of aromatic nitrogens is 1. The fourth-order valence-corrected chi connectivity index (χ4v) is 3.87. The van der Waals surface area contributed by atoms with Crippen molar-refractivity contribution in [3.05, 3.63) is 15.6 Å². The van der Waals surface area contributed by atoms with Gasteiger partial charge >= 0.3 is 0 Å². The molecule has 3 rings (SSSR count). The molecule has 2 aliphatic rings. The van der Waals surface area contributed by atoms with Gasteiger partial charge in [0.15, 0.2) is 0 Å². The zero-order valence-corrected chi connectivity index (χ0v) is 9.18. The molecule has 2 atom stereocenters. The average molecular weight is 209 g/mol. The van der Waals surface area contributed by atoms with Crippen molar-refractivity contribution in [3.8, 4) is 0 Å². The van der Waals surface area contributed by atoms with Gasteiger partial charge in [0.25, 0.3) is 0 Å². The van der Waals surface area contributed by atoms with Crippen LogP contribution in [0.3, 0.4) is 0 Å². The highest BCUT2D eigenvalue weighted by Gasteiger charge is 2.39. The lowest BCUT2D eigenvalue weighted by Gasteiger charge is -2.29. The average Bonchev–Trinajstić information content (AvgIpc) is 2.69. The molecule has 0 aromatic carbocycles. The number of hydrogen-bond donors (Lipinski definition) is 1. The minimum absolute atomic E-state index is 0.596. The molecule has 76 valence electrons. The molecule has 1 aromatic heterocycles. The topological polar surface area (TPSA) is 42.1 Å². The molecule has 0 spiro atoms. The highest BCUT2D eigenvalue weighted by molar-refractivity contribution is 7.11. The third kappa shape index (κ3) is 1.08. The number of nitrogens with zero attached hydrogens (tertiary/aromatic N) is 2. The van der Waals surface area contributed by atoms with Crippen molar-refractivity contribution in [2.45, 2.75) is 37.9 Å². The fraction of sp³-hybridized carbons (Fsp3) is 0.700. The van der Waals surface area contributed by atoms with Gasteiger partial charge in [-0.3, -0.25) is 4.90 Å². The SMILES string of the molecule is CN1C2CCC1c1sc(CN)nc1C2. The largest absolute Gasteiger partial charge is 0.325 e. The Morgan fingerprint density at radius 3 is 3.21 bits per heavy atom. The zero-order valence-electron chi connectivity index (χ0n) is 8.36. The first-order valence-electron chi connectivity index (χ1n) is 5.20. The summed E-state index contributed by atoms with van der Waals surface area (Å²) in [6, 6.07) is 1.38. The van der Waals surface area contributed by atoms with Gasteiger partial charge < -0.3 is 5.73 Å². The molecule has 0 saturated carbocycles. The maximum Gasteiger partial charge on any atom is 0.107 e. The van der Waals surface area contributed by atoms with Gasteiger partial charge in [0, 0.05) is 29.9 Å².